The Bertz CT molecular complexity index is 437. The van der Waals surface area contributed by atoms with Gasteiger partial charge in [0.1, 0.15) is 11.6 Å². The normalized spacial score (nSPS) is 16.3. The van der Waals surface area contributed by atoms with Gasteiger partial charge >= 0.3 is 0 Å². The largest absolute Gasteiger partial charge is 0.491 e. The summed E-state index contributed by atoms with van der Waals surface area (Å²) in [4.78, 5) is 2.19. The van der Waals surface area contributed by atoms with Gasteiger partial charge < -0.3 is 15.0 Å². The quantitative estimate of drug-likeness (QED) is 0.917. The summed E-state index contributed by atoms with van der Waals surface area (Å²) in [5, 5.41) is 3.31. The Balaban J connectivity index is 2.07. The maximum atomic E-state index is 13.5. The van der Waals surface area contributed by atoms with Crippen molar-refractivity contribution in [3.63, 3.8) is 0 Å². The molecule has 2 rings (SSSR count). The molecule has 1 heterocycles. The highest BCUT2D eigenvalue weighted by Crippen LogP contribution is 2.30. The lowest BCUT2D eigenvalue weighted by molar-refractivity contribution is 0.243. The van der Waals surface area contributed by atoms with Crippen molar-refractivity contribution in [2.45, 2.75) is 27.2 Å². The molecule has 20 heavy (non-hydrogen) atoms. The molecular formula is C16H25FN2O. The first-order chi connectivity index (χ1) is 9.46. The van der Waals surface area contributed by atoms with Crippen LogP contribution in [0.1, 0.15) is 27.2 Å². The van der Waals surface area contributed by atoms with Gasteiger partial charge in [0, 0.05) is 32.2 Å². The van der Waals surface area contributed by atoms with Crippen LogP contribution < -0.4 is 15.0 Å². The first-order valence-corrected chi connectivity index (χ1v) is 7.34. The molecule has 0 aromatic heterocycles. The lowest BCUT2D eigenvalue weighted by Gasteiger charge is -2.31. The van der Waals surface area contributed by atoms with Crippen molar-refractivity contribution < 1.29 is 9.13 Å². The Morgan fingerprint density at radius 2 is 1.95 bits per heavy atom. The second-order valence-electron chi connectivity index (χ2n) is 6.51. The van der Waals surface area contributed by atoms with E-state index < -0.39 is 0 Å². The molecule has 112 valence electrons. The van der Waals surface area contributed by atoms with Crippen LogP contribution in [0.4, 0.5) is 10.1 Å². The van der Waals surface area contributed by atoms with Crippen LogP contribution in [0.2, 0.25) is 0 Å². The molecule has 0 unspecified atom stereocenters. The summed E-state index contributed by atoms with van der Waals surface area (Å²) in [7, 11) is 0. The summed E-state index contributed by atoms with van der Waals surface area (Å²) in [6.45, 7) is 10.9. The van der Waals surface area contributed by atoms with Crippen molar-refractivity contribution in [3.05, 3.63) is 24.0 Å². The van der Waals surface area contributed by atoms with Crippen LogP contribution in [0.25, 0.3) is 0 Å². The lowest BCUT2D eigenvalue weighted by Crippen LogP contribution is -2.43. The fourth-order valence-electron chi connectivity index (χ4n) is 2.23. The number of hydrogen-bond acceptors (Lipinski definition) is 3. The van der Waals surface area contributed by atoms with Crippen LogP contribution in [-0.4, -0.2) is 32.8 Å². The van der Waals surface area contributed by atoms with Gasteiger partial charge in [-0.2, -0.15) is 0 Å². The first-order valence-electron chi connectivity index (χ1n) is 7.34. The smallest absolute Gasteiger partial charge is 0.142 e. The van der Waals surface area contributed by atoms with Crippen molar-refractivity contribution in [2.24, 2.45) is 5.41 Å². The predicted molar refractivity (Wildman–Crippen MR) is 81.0 cm³/mol. The zero-order valence-corrected chi connectivity index (χ0v) is 12.7. The third-order valence-corrected chi connectivity index (χ3v) is 3.49. The van der Waals surface area contributed by atoms with E-state index in [2.05, 4.69) is 31.0 Å². The molecule has 1 aliphatic rings. The van der Waals surface area contributed by atoms with Gasteiger partial charge in [-0.05, 0) is 24.0 Å². The molecule has 1 aromatic carbocycles. The zero-order valence-electron chi connectivity index (χ0n) is 12.7. The van der Waals surface area contributed by atoms with Crippen LogP contribution in [0, 0.1) is 11.2 Å². The van der Waals surface area contributed by atoms with Crippen molar-refractivity contribution in [1.82, 2.24) is 5.32 Å². The molecule has 1 saturated heterocycles. The number of benzene rings is 1. The van der Waals surface area contributed by atoms with Gasteiger partial charge in [0.25, 0.3) is 0 Å². The molecule has 0 spiro atoms. The number of rotatable bonds is 4. The molecule has 0 atom stereocenters. The molecule has 0 amide bonds. The fourth-order valence-corrected chi connectivity index (χ4v) is 2.23. The number of nitrogens with one attached hydrogen (secondary N) is 1. The molecular weight excluding hydrogens is 255 g/mol. The van der Waals surface area contributed by atoms with E-state index in [0.717, 1.165) is 44.0 Å². The number of halogens is 1. The van der Waals surface area contributed by atoms with Gasteiger partial charge in [-0.1, -0.05) is 20.8 Å². The number of nitrogens with zero attached hydrogens (tertiary/aromatic N) is 1. The van der Waals surface area contributed by atoms with E-state index in [4.69, 9.17) is 4.74 Å². The van der Waals surface area contributed by atoms with Gasteiger partial charge in [0.15, 0.2) is 0 Å². The summed E-state index contributed by atoms with van der Waals surface area (Å²) in [6, 6.07) is 4.80. The standard InChI is InChI=1S/C16H25FN2O/c1-16(2,3)6-11-20-15-5-4-13(17)12-14(15)19-9-7-18-8-10-19/h4-5,12,18H,6-11H2,1-3H3. The SMILES string of the molecule is CC(C)(C)CCOc1ccc(F)cc1N1CCNCC1. The Morgan fingerprint density at radius 3 is 2.60 bits per heavy atom. The van der Waals surface area contributed by atoms with E-state index in [-0.39, 0.29) is 11.2 Å². The molecule has 0 aliphatic carbocycles. The van der Waals surface area contributed by atoms with E-state index in [1.54, 1.807) is 12.1 Å². The first kappa shape index (κ1) is 15.1. The maximum Gasteiger partial charge on any atom is 0.142 e. The molecule has 4 heteroatoms. The van der Waals surface area contributed by atoms with E-state index >= 15 is 0 Å². The highest BCUT2D eigenvalue weighted by Gasteiger charge is 2.17. The average Bonchev–Trinajstić information content (AvgIpc) is 2.40. The van der Waals surface area contributed by atoms with Crippen LogP contribution in [-0.2, 0) is 0 Å². The lowest BCUT2D eigenvalue weighted by atomic mass is 9.93. The minimum atomic E-state index is -0.207. The summed E-state index contributed by atoms with van der Waals surface area (Å²) in [6.07, 6.45) is 0.978. The third-order valence-electron chi connectivity index (χ3n) is 3.49. The molecule has 0 bridgehead atoms. The molecule has 3 nitrogen and oxygen atoms in total. The zero-order chi connectivity index (χ0) is 14.6. The Morgan fingerprint density at radius 1 is 1.25 bits per heavy atom. The fraction of sp³-hybridized carbons (Fsp3) is 0.625. The van der Waals surface area contributed by atoms with E-state index in [0.29, 0.717) is 6.61 Å². The van der Waals surface area contributed by atoms with Gasteiger partial charge in [0.05, 0.1) is 12.3 Å². The van der Waals surface area contributed by atoms with Crippen LogP contribution in [0.15, 0.2) is 18.2 Å². The van der Waals surface area contributed by atoms with Gasteiger partial charge in [-0.15, -0.1) is 0 Å². The predicted octanol–water partition coefficient (Wildman–Crippen LogP) is 3.05. The topological polar surface area (TPSA) is 24.5 Å². The number of hydrogen-bond donors (Lipinski definition) is 1. The summed E-state index contributed by atoms with van der Waals surface area (Å²) in [5.41, 5.74) is 1.12. The molecule has 1 fully saturated rings. The van der Waals surface area contributed by atoms with Crippen LogP contribution in [0.3, 0.4) is 0 Å². The monoisotopic (exact) mass is 280 g/mol. The van der Waals surface area contributed by atoms with E-state index in [1.807, 2.05) is 0 Å². The van der Waals surface area contributed by atoms with Crippen LogP contribution in [0.5, 0.6) is 5.75 Å². The van der Waals surface area contributed by atoms with Gasteiger partial charge in [0.2, 0.25) is 0 Å². The highest BCUT2D eigenvalue weighted by molar-refractivity contribution is 5.59. The van der Waals surface area contributed by atoms with Crippen molar-refractivity contribution in [2.75, 3.05) is 37.7 Å². The van der Waals surface area contributed by atoms with Crippen molar-refractivity contribution in [1.29, 1.82) is 0 Å². The minimum Gasteiger partial charge on any atom is -0.491 e. The molecule has 1 N–H and O–H groups in total. The highest BCUT2D eigenvalue weighted by atomic mass is 19.1. The third kappa shape index (κ3) is 4.37. The summed E-state index contributed by atoms with van der Waals surface area (Å²) in [5.74, 6) is 0.583. The molecule has 0 saturated carbocycles. The second kappa shape index (κ2) is 6.44. The number of anilines is 1. The Hall–Kier alpha value is -1.29. The summed E-state index contributed by atoms with van der Waals surface area (Å²) >= 11 is 0. The van der Waals surface area contributed by atoms with Crippen LogP contribution >= 0.6 is 0 Å². The van der Waals surface area contributed by atoms with E-state index in [1.165, 1.54) is 6.07 Å². The Labute approximate surface area is 121 Å². The van der Waals surface area contributed by atoms with Gasteiger partial charge in [-0.25, -0.2) is 4.39 Å². The minimum absolute atomic E-state index is 0.207. The number of piperazine rings is 1. The van der Waals surface area contributed by atoms with E-state index in [9.17, 15) is 4.39 Å². The molecule has 1 aromatic rings. The van der Waals surface area contributed by atoms with Crippen molar-refractivity contribution >= 4 is 5.69 Å². The average molecular weight is 280 g/mol. The Kier molecular flexibility index (Phi) is 4.86. The second-order valence-corrected chi connectivity index (χ2v) is 6.51. The van der Waals surface area contributed by atoms with Gasteiger partial charge in [-0.3, -0.25) is 0 Å². The maximum absolute atomic E-state index is 13.5. The number of ether oxygens (including phenoxy) is 1. The summed E-state index contributed by atoms with van der Waals surface area (Å²) < 4.78 is 19.4. The molecule has 0 radical (unpaired) electrons. The molecule has 1 aliphatic heterocycles. The van der Waals surface area contributed by atoms with Crippen molar-refractivity contribution in [3.8, 4) is 5.75 Å².